The lowest BCUT2D eigenvalue weighted by Crippen LogP contribution is -2.47. The maximum atomic E-state index is 12.9. The molecule has 1 aromatic carbocycles. The van der Waals surface area contributed by atoms with E-state index in [1.165, 1.54) is 0 Å². The summed E-state index contributed by atoms with van der Waals surface area (Å²) in [5, 5.41) is 3.29. The highest BCUT2D eigenvalue weighted by Crippen LogP contribution is 2.27. The monoisotopic (exact) mass is 310 g/mol. The Balaban J connectivity index is 2.41. The Labute approximate surface area is 128 Å². The molecule has 4 nitrogen and oxygen atoms in total. The summed E-state index contributed by atoms with van der Waals surface area (Å²) in [6.07, 6.45) is 3.17. The first-order valence-corrected chi connectivity index (χ1v) is 9.31. The van der Waals surface area contributed by atoms with Crippen molar-refractivity contribution in [2.45, 2.75) is 63.4 Å². The van der Waals surface area contributed by atoms with Crippen LogP contribution in [0.1, 0.15) is 51.2 Å². The predicted octanol–water partition coefficient (Wildman–Crippen LogP) is 2.58. The molecular weight excluding hydrogens is 284 g/mol. The zero-order valence-electron chi connectivity index (χ0n) is 13.2. The molecule has 1 aliphatic heterocycles. The molecule has 1 aromatic rings. The summed E-state index contributed by atoms with van der Waals surface area (Å²) >= 11 is 0. The van der Waals surface area contributed by atoms with E-state index in [9.17, 15) is 8.42 Å². The number of benzene rings is 1. The molecular formula is C16H26N2O2S. The Kier molecular flexibility index (Phi) is 5.07. The number of hydrogen-bond donors (Lipinski definition) is 2. The summed E-state index contributed by atoms with van der Waals surface area (Å²) in [5.74, 6) is 0. The van der Waals surface area contributed by atoms with Crippen LogP contribution < -0.4 is 10.0 Å². The van der Waals surface area contributed by atoms with Crippen LogP contribution in [0.3, 0.4) is 0 Å². The molecule has 0 aromatic heterocycles. The largest absolute Gasteiger partial charge is 0.312 e. The van der Waals surface area contributed by atoms with Gasteiger partial charge in [-0.15, -0.1) is 0 Å². The van der Waals surface area contributed by atoms with Crippen molar-refractivity contribution in [2.75, 3.05) is 6.54 Å². The van der Waals surface area contributed by atoms with Gasteiger partial charge in [0.2, 0.25) is 10.0 Å². The fourth-order valence-electron chi connectivity index (χ4n) is 3.06. The predicted molar refractivity (Wildman–Crippen MR) is 85.8 cm³/mol. The number of sulfonamides is 1. The van der Waals surface area contributed by atoms with E-state index in [1.54, 1.807) is 6.07 Å². The van der Waals surface area contributed by atoms with Crippen LogP contribution in [0.25, 0.3) is 0 Å². The molecule has 5 heteroatoms. The van der Waals surface area contributed by atoms with Gasteiger partial charge in [-0.3, -0.25) is 0 Å². The molecule has 0 unspecified atom stereocenters. The molecule has 0 atom stereocenters. The normalized spacial score (nSPS) is 15.8. The molecule has 118 valence electrons. The highest BCUT2D eigenvalue weighted by molar-refractivity contribution is 7.89. The molecule has 2 rings (SSSR count). The molecule has 0 aliphatic carbocycles. The fraction of sp³-hybridized carbons (Fsp3) is 0.625. The number of fused-ring (bicyclic) bond motifs is 1. The van der Waals surface area contributed by atoms with Crippen molar-refractivity contribution in [1.82, 2.24) is 10.0 Å². The van der Waals surface area contributed by atoms with Gasteiger partial charge in [-0.1, -0.05) is 32.9 Å². The smallest absolute Gasteiger partial charge is 0.241 e. The zero-order chi connectivity index (χ0) is 15.5. The molecule has 0 saturated heterocycles. The van der Waals surface area contributed by atoms with E-state index in [1.807, 2.05) is 32.9 Å². The second-order valence-electron chi connectivity index (χ2n) is 5.77. The van der Waals surface area contributed by atoms with Crippen LogP contribution in [0, 0.1) is 0 Å². The minimum absolute atomic E-state index is 0.339. The van der Waals surface area contributed by atoms with Gasteiger partial charge in [-0.2, -0.15) is 0 Å². The van der Waals surface area contributed by atoms with Crippen molar-refractivity contribution >= 4 is 10.0 Å². The van der Waals surface area contributed by atoms with E-state index in [0.29, 0.717) is 4.90 Å². The molecule has 1 aliphatic rings. The maximum Gasteiger partial charge on any atom is 0.241 e. The Bertz CT molecular complexity index is 584. The molecule has 0 saturated carbocycles. The number of rotatable bonds is 6. The van der Waals surface area contributed by atoms with Gasteiger partial charge >= 0.3 is 0 Å². The molecule has 0 spiro atoms. The molecule has 21 heavy (non-hydrogen) atoms. The Morgan fingerprint density at radius 1 is 1.19 bits per heavy atom. The number of nitrogens with one attached hydrogen (secondary N) is 2. The molecule has 0 bridgehead atoms. The van der Waals surface area contributed by atoms with Gasteiger partial charge in [0, 0.05) is 12.1 Å². The van der Waals surface area contributed by atoms with E-state index in [-0.39, 0.29) is 5.54 Å². The Morgan fingerprint density at radius 2 is 1.86 bits per heavy atom. The second kappa shape index (κ2) is 6.46. The van der Waals surface area contributed by atoms with Gasteiger partial charge in [0.05, 0.1) is 4.90 Å². The number of hydrogen-bond acceptors (Lipinski definition) is 3. The lowest BCUT2D eigenvalue weighted by atomic mass is 9.91. The van der Waals surface area contributed by atoms with Crippen molar-refractivity contribution in [3.8, 4) is 0 Å². The van der Waals surface area contributed by atoms with Crippen molar-refractivity contribution in [2.24, 2.45) is 0 Å². The lowest BCUT2D eigenvalue weighted by Gasteiger charge is -2.32. The average Bonchev–Trinajstić information content (AvgIpc) is 2.52. The highest BCUT2D eigenvalue weighted by Gasteiger charge is 2.32. The third kappa shape index (κ3) is 3.30. The molecule has 0 fully saturated rings. The van der Waals surface area contributed by atoms with Crippen LogP contribution in [0.5, 0.6) is 0 Å². The summed E-state index contributed by atoms with van der Waals surface area (Å²) in [7, 11) is -3.47. The third-order valence-corrected chi connectivity index (χ3v) is 6.43. The topological polar surface area (TPSA) is 58.2 Å². The lowest BCUT2D eigenvalue weighted by molar-refractivity contribution is 0.341. The van der Waals surface area contributed by atoms with E-state index in [4.69, 9.17) is 0 Å². The first-order chi connectivity index (χ1) is 9.98. The van der Waals surface area contributed by atoms with Gasteiger partial charge in [0.1, 0.15) is 0 Å². The van der Waals surface area contributed by atoms with Crippen molar-refractivity contribution in [1.29, 1.82) is 0 Å². The Hall–Kier alpha value is -0.910. The van der Waals surface area contributed by atoms with Crippen LogP contribution in [-0.2, 0) is 23.0 Å². The highest BCUT2D eigenvalue weighted by atomic mass is 32.2. The summed E-state index contributed by atoms with van der Waals surface area (Å²) in [6, 6.07) is 5.58. The van der Waals surface area contributed by atoms with Crippen molar-refractivity contribution < 1.29 is 8.42 Å². The quantitative estimate of drug-likeness (QED) is 0.849. The minimum Gasteiger partial charge on any atom is -0.312 e. The second-order valence-corrected chi connectivity index (χ2v) is 7.42. The van der Waals surface area contributed by atoms with E-state index in [2.05, 4.69) is 10.0 Å². The van der Waals surface area contributed by atoms with Gasteiger partial charge in [0.25, 0.3) is 0 Å². The fourth-order valence-corrected chi connectivity index (χ4v) is 4.98. The third-order valence-electron chi connectivity index (χ3n) is 4.77. The van der Waals surface area contributed by atoms with Crippen LogP contribution in [-0.4, -0.2) is 20.5 Å². The summed E-state index contributed by atoms with van der Waals surface area (Å²) in [4.78, 5) is 0.459. The maximum absolute atomic E-state index is 12.9. The summed E-state index contributed by atoms with van der Waals surface area (Å²) < 4.78 is 28.7. The van der Waals surface area contributed by atoms with Crippen LogP contribution in [0.15, 0.2) is 23.1 Å². The van der Waals surface area contributed by atoms with Gasteiger partial charge < -0.3 is 5.32 Å². The Morgan fingerprint density at radius 3 is 2.48 bits per heavy atom. The van der Waals surface area contributed by atoms with Gasteiger partial charge in [0.15, 0.2) is 0 Å². The van der Waals surface area contributed by atoms with Crippen LogP contribution in [0.4, 0.5) is 0 Å². The SMILES string of the molecule is CCC(CC)(CC)NS(=O)(=O)c1cccc2c1CCNC2. The van der Waals surface area contributed by atoms with Gasteiger partial charge in [-0.05, 0) is 49.4 Å². The molecule has 0 radical (unpaired) electrons. The van der Waals surface area contributed by atoms with Crippen molar-refractivity contribution in [3.63, 3.8) is 0 Å². The minimum atomic E-state index is -3.47. The van der Waals surface area contributed by atoms with Crippen LogP contribution in [0.2, 0.25) is 0 Å². The van der Waals surface area contributed by atoms with Crippen LogP contribution >= 0.6 is 0 Å². The first-order valence-electron chi connectivity index (χ1n) is 7.83. The van der Waals surface area contributed by atoms with Gasteiger partial charge in [-0.25, -0.2) is 13.1 Å². The summed E-state index contributed by atoms with van der Waals surface area (Å²) in [6.45, 7) is 7.71. The van der Waals surface area contributed by atoms with E-state index in [0.717, 1.165) is 49.9 Å². The van der Waals surface area contributed by atoms with E-state index < -0.39 is 10.0 Å². The molecule has 2 N–H and O–H groups in total. The molecule has 1 heterocycles. The van der Waals surface area contributed by atoms with Crippen molar-refractivity contribution in [3.05, 3.63) is 29.3 Å². The van der Waals surface area contributed by atoms with E-state index >= 15 is 0 Å². The zero-order valence-corrected chi connectivity index (χ0v) is 14.0. The summed E-state index contributed by atoms with van der Waals surface area (Å²) in [5.41, 5.74) is 1.73. The standard InChI is InChI=1S/C16H26N2O2S/c1-4-16(5-2,6-3)18-21(19,20)15-9-7-8-13-12-17-11-10-14(13)15/h7-9,17-18H,4-6,10-12H2,1-3H3. The molecule has 0 amide bonds. The first kappa shape index (κ1) is 16.5. The average molecular weight is 310 g/mol.